The Morgan fingerprint density at radius 2 is 1.85 bits per heavy atom. The van der Waals surface area contributed by atoms with E-state index in [2.05, 4.69) is 25.3 Å². The monoisotopic (exact) mass is 489 g/mol. The molecule has 2 aromatic carbocycles. The quantitative estimate of drug-likeness (QED) is 0.282. The number of hydrogen-bond donors (Lipinski definition) is 1. The van der Waals surface area contributed by atoms with Crippen LogP contribution in [-0.2, 0) is 11.0 Å². The van der Waals surface area contributed by atoms with Crippen LogP contribution in [0.25, 0.3) is 22.4 Å². The van der Waals surface area contributed by atoms with Crippen LogP contribution in [0.1, 0.15) is 11.1 Å². The Bertz CT molecular complexity index is 1330. The van der Waals surface area contributed by atoms with Gasteiger partial charge in [-0.25, -0.2) is 19.9 Å². The van der Waals surface area contributed by atoms with Gasteiger partial charge in [0.25, 0.3) is 0 Å². The number of aryl methyl sites for hydroxylation is 1. The summed E-state index contributed by atoms with van der Waals surface area (Å²) in [6.07, 6.45) is -1.77. The lowest BCUT2D eigenvalue weighted by molar-refractivity contribution is -0.137. The first-order valence-corrected chi connectivity index (χ1v) is 10.9. The molecule has 4 rings (SSSR count). The van der Waals surface area contributed by atoms with E-state index in [9.17, 15) is 18.0 Å². The largest absolute Gasteiger partial charge is 0.418 e. The smallest absolute Gasteiger partial charge is 0.325 e. The number of fused-ring (bicyclic) bond motifs is 1. The number of benzene rings is 2. The number of alkyl halides is 3. The van der Waals surface area contributed by atoms with Gasteiger partial charge in [0.2, 0.25) is 5.91 Å². The number of nitrogens with zero attached hydrogens (tertiary/aromatic N) is 4. The van der Waals surface area contributed by atoms with Gasteiger partial charge in [0.1, 0.15) is 11.4 Å². The van der Waals surface area contributed by atoms with E-state index in [1.165, 1.54) is 12.4 Å². The zero-order chi connectivity index (χ0) is 23.6. The normalized spacial score (nSPS) is 11.5. The molecule has 2 heterocycles. The number of nitrogens with one attached hydrogen (secondary N) is 1. The fourth-order valence-corrected chi connectivity index (χ4v) is 3.90. The molecule has 0 saturated heterocycles. The molecule has 0 spiro atoms. The summed E-state index contributed by atoms with van der Waals surface area (Å²) in [4.78, 5) is 29.5. The summed E-state index contributed by atoms with van der Waals surface area (Å²) in [7, 11) is 0. The van der Waals surface area contributed by atoms with Crippen molar-refractivity contribution in [2.75, 3.05) is 11.1 Å². The average molecular weight is 490 g/mol. The second-order valence-electron chi connectivity index (χ2n) is 7.00. The maximum absolute atomic E-state index is 13.2. The van der Waals surface area contributed by atoms with Crippen LogP contribution in [0, 0.1) is 6.92 Å². The molecule has 0 saturated carbocycles. The van der Waals surface area contributed by atoms with Gasteiger partial charge < -0.3 is 5.32 Å². The molecule has 1 N–H and O–H groups in total. The molecule has 0 bridgehead atoms. The third-order valence-electron chi connectivity index (χ3n) is 4.56. The molecule has 0 aliphatic carbocycles. The molecular formula is C22H15ClF3N5OS. The van der Waals surface area contributed by atoms with Crippen molar-refractivity contribution in [3.05, 3.63) is 71.1 Å². The molecule has 1 amide bonds. The summed E-state index contributed by atoms with van der Waals surface area (Å²) in [6, 6.07) is 10.9. The molecule has 0 radical (unpaired) electrons. The zero-order valence-electron chi connectivity index (χ0n) is 17.0. The Morgan fingerprint density at radius 1 is 1.09 bits per heavy atom. The lowest BCUT2D eigenvalue weighted by atomic mass is 10.1. The number of thioether (sulfide) groups is 1. The first kappa shape index (κ1) is 22.9. The number of carbonyl (C=O) groups is 1. The second kappa shape index (κ2) is 9.32. The molecular weight excluding hydrogens is 475 g/mol. The van der Waals surface area contributed by atoms with Crippen LogP contribution in [0.4, 0.5) is 18.9 Å². The van der Waals surface area contributed by atoms with Crippen LogP contribution < -0.4 is 5.32 Å². The molecule has 2 aromatic heterocycles. The highest BCUT2D eigenvalue weighted by Crippen LogP contribution is 2.36. The molecule has 0 fully saturated rings. The molecule has 11 heteroatoms. The maximum Gasteiger partial charge on any atom is 0.418 e. The molecule has 6 nitrogen and oxygen atoms in total. The van der Waals surface area contributed by atoms with Gasteiger partial charge in [-0.15, -0.1) is 0 Å². The van der Waals surface area contributed by atoms with E-state index >= 15 is 0 Å². The highest BCUT2D eigenvalue weighted by molar-refractivity contribution is 8.00. The zero-order valence-corrected chi connectivity index (χ0v) is 18.6. The second-order valence-corrected chi connectivity index (χ2v) is 8.40. The van der Waals surface area contributed by atoms with Gasteiger partial charge in [0, 0.05) is 16.8 Å². The standard InChI is InChI=1S/C22H15ClF3N5OS/c1-12-2-4-13(5-3-12)19-27-9-15-20(31-19)28-11-29-21(15)33-10-18(32)30-17-7-6-14(23)8-16(17)22(24,25)26/h2-9,11H,10H2,1H3,(H,30,32). The van der Waals surface area contributed by atoms with E-state index in [1.54, 1.807) is 6.20 Å². The minimum Gasteiger partial charge on any atom is -0.325 e. The van der Waals surface area contributed by atoms with E-state index in [1.807, 2.05) is 31.2 Å². The predicted molar refractivity (Wildman–Crippen MR) is 121 cm³/mol. The van der Waals surface area contributed by atoms with Crippen LogP contribution in [0.15, 0.2) is 60.0 Å². The first-order chi connectivity index (χ1) is 15.7. The summed E-state index contributed by atoms with van der Waals surface area (Å²) in [5.41, 5.74) is 0.961. The predicted octanol–water partition coefficient (Wildman–Crippen LogP) is 5.80. The lowest BCUT2D eigenvalue weighted by Gasteiger charge is -2.14. The van der Waals surface area contributed by atoms with E-state index in [-0.39, 0.29) is 16.5 Å². The third-order valence-corrected chi connectivity index (χ3v) is 5.81. The van der Waals surface area contributed by atoms with Crippen molar-refractivity contribution >= 4 is 46.0 Å². The summed E-state index contributed by atoms with van der Waals surface area (Å²) in [6.45, 7) is 1.98. The summed E-state index contributed by atoms with van der Waals surface area (Å²) >= 11 is 6.72. The maximum atomic E-state index is 13.2. The molecule has 0 atom stereocenters. The van der Waals surface area contributed by atoms with Crippen molar-refractivity contribution in [1.82, 2.24) is 19.9 Å². The van der Waals surface area contributed by atoms with Crippen molar-refractivity contribution in [2.45, 2.75) is 18.1 Å². The number of halogens is 4. The molecule has 0 unspecified atom stereocenters. The first-order valence-electron chi connectivity index (χ1n) is 9.55. The lowest BCUT2D eigenvalue weighted by Crippen LogP contribution is -2.18. The minimum absolute atomic E-state index is 0.0767. The van der Waals surface area contributed by atoms with E-state index < -0.39 is 17.6 Å². The van der Waals surface area contributed by atoms with Gasteiger partial charge >= 0.3 is 6.18 Å². The summed E-state index contributed by atoms with van der Waals surface area (Å²) in [5, 5.41) is 3.19. The number of anilines is 1. The fourth-order valence-electron chi connectivity index (χ4n) is 2.96. The minimum atomic E-state index is -4.66. The molecule has 4 aromatic rings. The van der Waals surface area contributed by atoms with Crippen molar-refractivity contribution in [3.8, 4) is 11.4 Å². The SMILES string of the molecule is Cc1ccc(-c2ncc3c(SCC(=O)Nc4ccc(Cl)cc4C(F)(F)F)ncnc3n2)cc1. The Morgan fingerprint density at radius 3 is 2.58 bits per heavy atom. The van der Waals surface area contributed by atoms with Gasteiger partial charge in [-0.05, 0) is 25.1 Å². The van der Waals surface area contributed by atoms with Crippen LogP contribution in [0.5, 0.6) is 0 Å². The molecule has 168 valence electrons. The van der Waals surface area contributed by atoms with Crippen LogP contribution in [0.2, 0.25) is 5.02 Å². The van der Waals surface area contributed by atoms with Crippen LogP contribution >= 0.6 is 23.4 Å². The Hall–Kier alpha value is -3.24. The average Bonchev–Trinajstić information content (AvgIpc) is 2.78. The number of amides is 1. The Labute approximate surface area is 195 Å². The Balaban J connectivity index is 1.51. The molecule has 33 heavy (non-hydrogen) atoms. The van der Waals surface area contributed by atoms with Gasteiger partial charge in [-0.2, -0.15) is 13.2 Å². The fraction of sp³-hybridized carbons (Fsp3) is 0.136. The van der Waals surface area contributed by atoms with Crippen molar-refractivity contribution in [2.24, 2.45) is 0 Å². The van der Waals surface area contributed by atoms with E-state index in [0.717, 1.165) is 35.0 Å². The highest BCUT2D eigenvalue weighted by atomic mass is 35.5. The molecule has 0 aliphatic heterocycles. The highest BCUT2D eigenvalue weighted by Gasteiger charge is 2.34. The Kier molecular flexibility index (Phi) is 6.48. The number of rotatable bonds is 5. The van der Waals surface area contributed by atoms with Crippen molar-refractivity contribution in [1.29, 1.82) is 0 Å². The van der Waals surface area contributed by atoms with Gasteiger partial charge in [-0.3, -0.25) is 4.79 Å². The summed E-state index contributed by atoms with van der Waals surface area (Å²) in [5.74, 6) is -0.305. The van der Waals surface area contributed by atoms with Gasteiger partial charge in [-0.1, -0.05) is 53.2 Å². The number of hydrogen-bond acceptors (Lipinski definition) is 6. The van der Waals surface area contributed by atoms with E-state index in [0.29, 0.717) is 21.9 Å². The third kappa shape index (κ3) is 5.40. The number of carbonyl (C=O) groups excluding carboxylic acids is 1. The number of aromatic nitrogens is 4. The van der Waals surface area contributed by atoms with Crippen LogP contribution in [-0.4, -0.2) is 31.6 Å². The van der Waals surface area contributed by atoms with Crippen molar-refractivity contribution in [3.63, 3.8) is 0 Å². The topological polar surface area (TPSA) is 80.7 Å². The van der Waals surface area contributed by atoms with Crippen molar-refractivity contribution < 1.29 is 18.0 Å². The molecule has 0 aliphatic rings. The van der Waals surface area contributed by atoms with Crippen LogP contribution in [0.3, 0.4) is 0 Å². The van der Waals surface area contributed by atoms with Gasteiger partial charge in [0.05, 0.1) is 22.4 Å². The summed E-state index contributed by atoms with van der Waals surface area (Å²) < 4.78 is 39.7. The van der Waals surface area contributed by atoms with E-state index in [4.69, 9.17) is 11.6 Å². The van der Waals surface area contributed by atoms with Gasteiger partial charge in [0.15, 0.2) is 11.5 Å².